The molecule has 82 valence electrons. The normalized spacial score (nSPS) is 10.4. The highest BCUT2D eigenvalue weighted by Gasteiger charge is 2.10. The molecule has 0 radical (unpaired) electrons. The monoisotopic (exact) mass is 302 g/mol. The number of rotatable bonds is 2. The summed E-state index contributed by atoms with van der Waals surface area (Å²) in [5.41, 5.74) is 0.992. The van der Waals surface area contributed by atoms with Crippen molar-refractivity contribution in [3.63, 3.8) is 0 Å². The summed E-state index contributed by atoms with van der Waals surface area (Å²) in [6.07, 6.45) is 2.09. The molecule has 0 N–H and O–H groups in total. The van der Waals surface area contributed by atoms with Crippen molar-refractivity contribution in [2.24, 2.45) is 0 Å². The van der Waals surface area contributed by atoms with E-state index in [9.17, 15) is 9.18 Å². The SMILES string of the molecule is O=Cc1cnn(-c2ccc(F)c(Cl)c2)c1Br. The van der Waals surface area contributed by atoms with Gasteiger partial charge in [-0.15, -0.1) is 0 Å². The summed E-state index contributed by atoms with van der Waals surface area (Å²) < 4.78 is 14.9. The lowest BCUT2D eigenvalue weighted by atomic mass is 10.3. The summed E-state index contributed by atoms with van der Waals surface area (Å²) in [5, 5.41) is 3.99. The van der Waals surface area contributed by atoms with Crippen LogP contribution >= 0.6 is 27.5 Å². The van der Waals surface area contributed by atoms with Gasteiger partial charge in [-0.05, 0) is 34.1 Å². The largest absolute Gasteiger partial charge is 0.298 e. The van der Waals surface area contributed by atoms with Crippen LogP contribution in [0.2, 0.25) is 5.02 Å². The molecule has 1 heterocycles. The maximum atomic E-state index is 13.0. The fourth-order valence-electron chi connectivity index (χ4n) is 1.22. The number of aldehydes is 1. The van der Waals surface area contributed by atoms with Crippen LogP contribution in [-0.2, 0) is 0 Å². The summed E-state index contributed by atoms with van der Waals surface area (Å²) in [7, 11) is 0. The van der Waals surface area contributed by atoms with Gasteiger partial charge in [-0.2, -0.15) is 5.10 Å². The van der Waals surface area contributed by atoms with Gasteiger partial charge in [0.25, 0.3) is 0 Å². The van der Waals surface area contributed by atoms with Crippen LogP contribution in [0.1, 0.15) is 10.4 Å². The molecule has 0 aliphatic rings. The highest BCUT2D eigenvalue weighted by molar-refractivity contribution is 9.10. The van der Waals surface area contributed by atoms with Crippen LogP contribution in [0.3, 0.4) is 0 Å². The number of carbonyl (C=O) groups excluding carboxylic acids is 1. The lowest BCUT2D eigenvalue weighted by Crippen LogP contribution is -1.97. The standard InChI is InChI=1S/C10H5BrClFN2O/c11-10-6(5-16)4-14-15(10)7-1-2-9(13)8(12)3-7/h1-5H. The Morgan fingerprint density at radius 3 is 2.81 bits per heavy atom. The van der Waals surface area contributed by atoms with Gasteiger partial charge in [-0.3, -0.25) is 4.79 Å². The fourth-order valence-corrected chi connectivity index (χ4v) is 1.89. The molecule has 0 saturated carbocycles. The molecular weight excluding hydrogens is 298 g/mol. The molecule has 0 aliphatic heterocycles. The minimum Gasteiger partial charge on any atom is -0.298 e. The van der Waals surface area contributed by atoms with Gasteiger partial charge < -0.3 is 0 Å². The van der Waals surface area contributed by atoms with E-state index < -0.39 is 5.82 Å². The van der Waals surface area contributed by atoms with Gasteiger partial charge in [-0.1, -0.05) is 11.6 Å². The molecule has 2 rings (SSSR count). The second kappa shape index (κ2) is 4.35. The summed E-state index contributed by atoms with van der Waals surface area (Å²) in [6, 6.07) is 4.20. The van der Waals surface area contributed by atoms with Gasteiger partial charge >= 0.3 is 0 Å². The van der Waals surface area contributed by atoms with Crippen LogP contribution in [-0.4, -0.2) is 16.1 Å². The van der Waals surface area contributed by atoms with Gasteiger partial charge in [0.1, 0.15) is 10.4 Å². The Kier molecular flexibility index (Phi) is 3.07. The first-order valence-electron chi connectivity index (χ1n) is 4.27. The quantitative estimate of drug-likeness (QED) is 0.798. The van der Waals surface area contributed by atoms with E-state index in [1.165, 1.54) is 29.1 Å². The van der Waals surface area contributed by atoms with Crippen molar-refractivity contribution in [3.8, 4) is 5.69 Å². The highest BCUT2D eigenvalue weighted by atomic mass is 79.9. The molecule has 1 aromatic carbocycles. The maximum absolute atomic E-state index is 13.0. The average Bonchev–Trinajstić information content (AvgIpc) is 2.64. The first-order chi connectivity index (χ1) is 7.63. The van der Waals surface area contributed by atoms with Crippen LogP contribution in [0, 0.1) is 5.82 Å². The summed E-state index contributed by atoms with van der Waals surface area (Å²) >= 11 is 8.88. The number of halogens is 3. The number of benzene rings is 1. The topological polar surface area (TPSA) is 34.9 Å². The van der Waals surface area contributed by atoms with E-state index in [4.69, 9.17) is 11.6 Å². The van der Waals surface area contributed by atoms with Crippen LogP contribution < -0.4 is 0 Å². The number of aromatic nitrogens is 2. The third-order valence-electron chi connectivity index (χ3n) is 2.01. The first kappa shape index (κ1) is 11.3. The Balaban J connectivity index is 2.54. The third kappa shape index (κ3) is 1.88. The van der Waals surface area contributed by atoms with Gasteiger partial charge in [0.2, 0.25) is 0 Å². The molecule has 6 heteroatoms. The molecule has 0 amide bonds. The number of hydrogen-bond acceptors (Lipinski definition) is 2. The Morgan fingerprint density at radius 1 is 1.50 bits per heavy atom. The van der Waals surface area contributed by atoms with Gasteiger partial charge in [0.05, 0.1) is 22.5 Å². The van der Waals surface area contributed by atoms with Crippen molar-refractivity contribution in [2.45, 2.75) is 0 Å². The van der Waals surface area contributed by atoms with E-state index in [0.717, 1.165) is 0 Å². The molecule has 0 fully saturated rings. The minimum atomic E-state index is -0.496. The molecule has 0 spiro atoms. The maximum Gasteiger partial charge on any atom is 0.154 e. The van der Waals surface area contributed by atoms with Crippen molar-refractivity contribution in [1.82, 2.24) is 9.78 Å². The zero-order valence-corrected chi connectivity index (χ0v) is 10.2. The van der Waals surface area contributed by atoms with Crippen LogP contribution in [0.15, 0.2) is 29.0 Å². The van der Waals surface area contributed by atoms with E-state index in [-0.39, 0.29) is 5.02 Å². The van der Waals surface area contributed by atoms with E-state index in [1.807, 2.05) is 0 Å². The minimum absolute atomic E-state index is 0.00699. The van der Waals surface area contributed by atoms with Crippen LogP contribution in [0.4, 0.5) is 4.39 Å². The average molecular weight is 304 g/mol. The summed E-state index contributed by atoms with van der Waals surface area (Å²) in [4.78, 5) is 10.6. The van der Waals surface area contributed by atoms with Crippen molar-refractivity contribution >= 4 is 33.8 Å². The van der Waals surface area contributed by atoms with Crippen molar-refractivity contribution < 1.29 is 9.18 Å². The molecule has 1 aromatic heterocycles. The zero-order chi connectivity index (χ0) is 11.7. The molecule has 0 saturated heterocycles. The molecule has 0 bridgehead atoms. The highest BCUT2D eigenvalue weighted by Crippen LogP contribution is 2.23. The van der Waals surface area contributed by atoms with E-state index in [0.29, 0.717) is 22.1 Å². The van der Waals surface area contributed by atoms with Crippen molar-refractivity contribution in [2.75, 3.05) is 0 Å². The van der Waals surface area contributed by atoms with Gasteiger partial charge in [0.15, 0.2) is 6.29 Å². The Morgan fingerprint density at radius 2 is 2.25 bits per heavy atom. The lowest BCUT2D eigenvalue weighted by Gasteiger charge is -2.04. The molecule has 3 nitrogen and oxygen atoms in total. The molecular formula is C10H5BrClFN2O. The molecule has 0 aliphatic carbocycles. The van der Waals surface area contributed by atoms with E-state index >= 15 is 0 Å². The Bertz CT molecular complexity index is 556. The van der Waals surface area contributed by atoms with E-state index in [1.54, 1.807) is 0 Å². The zero-order valence-electron chi connectivity index (χ0n) is 7.82. The van der Waals surface area contributed by atoms with Crippen molar-refractivity contribution in [3.05, 3.63) is 45.4 Å². The van der Waals surface area contributed by atoms with Crippen molar-refractivity contribution in [1.29, 1.82) is 0 Å². The summed E-state index contributed by atoms with van der Waals surface area (Å²) in [6.45, 7) is 0. The number of carbonyl (C=O) groups is 1. The Labute approximate surface area is 104 Å². The van der Waals surface area contributed by atoms with Gasteiger partial charge in [0, 0.05) is 0 Å². The Hall–Kier alpha value is -1.20. The third-order valence-corrected chi connectivity index (χ3v) is 3.09. The molecule has 0 atom stereocenters. The first-order valence-corrected chi connectivity index (χ1v) is 5.44. The predicted molar refractivity (Wildman–Crippen MR) is 61.6 cm³/mol. The van der Waals surface area contributed by atoms with E-state index in [2.05, 4.69) is 21.0 Å². The second-order valence-electron chi connectivity index (χ2n) is 3.02. The lowest BCUT2D eigenvalue weighted by molar-refractivity contribution is 0.112. The molecule has 16 heavy (non-hydrogen) atoms. The second-order valence-corrected chi connectivity index (χ2v) is 4.18. The van der Waals surface area contributed by atoms with Gasteiger partial charge in [-0.25, -0.2) is 9.07 Å². The summed E-state index contributed by atoms with van der Waals surface area (Å²) in [5.74, 6) is -0.496. The number of nitrogens with zero attached hydrogens (tertiary/aromatic N) is 2. The predicted octanol–water partition coefficient (Wildman–Crippen LogP) is 3.24. The smallest absolute Gasteiger partial charge is 0.154 e. The van der Waals surface area contributed by atoms with Crippen LogP contribution in [0.25, 0.3) is 5.69 Å². The fraction of sp³-hybridized carbons (Fsp3) is 0. The number of hydrogen-bond donors (Lipinski definition) is 0. The molecule has 0 unspecified atom stereocenters. The molecule has 2 aromatic rings. The van der Waals surface area contributed by atoms with Crippen LogP contribution in [0.5, 0.6) is 0 Å².